The van der Waals surface area contributed by atoms with E-state index in [2.05, 4.69) is 13.5 Å². The standard InChI is InChI=1S/C12H20O2/c1-5-14-11(13)10(3)12(4)8-6-7-9(12)2/h10H,2,5-8H2,1,3-4H3. The molecule has 2 heteroatoms. The minimum absolute atomic E-state index is 0.0355. The van der Waals surface area contributed by atoms with Gasteiger partial charge in [0, 0.05) is 5.41 Å². The van der Waals surface area contributed by atoms with Crippen LogP contribution in [0.4, 0.5) is 0 Å². The van der Waals surface area contributed by atoms with Gasteiger partial charge >= 0.3 is 5.97 Å². The Morgan fingerprint density at radius 1 is 1.71 bits per heavy atom. The topological polar surface area (TPSA) is 26.3 Å². The summed E-state index contributed by atoms with van der Waals surface area (Å²) in [7, 11) is 0. The van der Waals surface area contributed by atoms with E-state index in [0.29, 0.717) is 6.61 Å². The number of rotatable bonds is 3. The van der Waals surface area contributed by atoms with Crippen LogP contribution in [0, 0.1) is 11.3 Å². The van der Waals surface area contributed by atoms with Gasteiger partial charge in [0.05, 0.1) is 12.5 Å². The fourth-order valence-electron chi connectivity index (χ4n) is 2.18. The molecule has 2 nitrogen and oxygen atoms in total. The Kier molecular flexibility index (Phi) is 3.35. The van der Waals surface area contributed by atoms with Gasteiger partial charge in [0.1, 0.15) is 0 Å². The number of allylic oxidation sites excluding steroid dienone is 1. The second-order valence-electron chi connectivity index (χ2n) is 4.35. The summed E-state index contributed by atoms with van der Waals surface area (Å²) in [5.74, 6) is -0.143. The lowest BCUT2D eigenvalue weighted by molar-refractivity contribution is -0.150. The van der Waals surface area contributed by atoms with Gasteiger partial charge in [-0.25, -0.2) is 0 Å². The molecule has 1 saturated carbocycles. The molecular formula is C12H20O2. The van der Waals surface area contributed by atoms with E-state index in [-0.39, 0.29) is 17.3 Å². The van der Waals surface area contributed by atoms with Crippen molar-refractivity contribution in [3.63, 3.8) is 0 Å². The van der Waals surface area contributed by atoms with Crippen molar-refractivity contribution in [2.24, 2.45) is 11.3 Å². The van der Waals surface area contributed by atoms with Gasteiger partial charge in [0.25, 0.3) is 0 Å². The molecule has 2 atom stereocenters. The first-order valence-electron chi connectivity index (χ1n) is 5.37. The van der Waals surface area contributed by atoms with E-state index in [4.69, 9.17) is 4.74 Å². The third-order valence-electron chi connectivity index (χ3n) is 3.58. The van der Waals surface area contributed by atoms with Crippen molar-refractivity contribution < 1.29 is 9.53 Å². The minimum Gasteiger partial charge on any atom is -0.466 e. The van der Waals surface area contributed by atoms with Crippen LogP contribution in [0.2, 0.25) is 0 Å². The van der Waals surface area contributed by atoms with Gasteiger partial charge < -0.3 is 4.74 Å². The van der Waals surface area contributed by atoms with Crippen LogP contribution in [0.25, 0.3) is 0 Å². The number of hydrogen-bond donors (Lipinski definition) is 0. The summed E-state index contributed by atoms with van der Waals surface area (Å²) < 4.78 is 5.05. The van der Waals surface area contributed by atoms with Gasteiger partial charge in [-0.15, -0.1) is 0 Å². The van der Waals surface area contributed by atoms with Crippen molar-refractivity contribution >= 4 is 5.97 Å². The lowest BCUT2D eigenvalue weighted by atomic mass is 9.74. The molecule has 0 N–H and O–H groups in total. The average molecular weight is 196 g/mol. The van der Waals surface area contributed by atoms with Crippen LogP contribution in [0.15, 0.2) is 12.2 Å². The van der Waals surface area contributed by atoms with Crippen molar-refractivity contribution in [1.82, 2.24) is 0 Å². The third kappa shape index (κ3) is 1.84. The summed E-state index contributed by atoms with van der Waals surface area (Å²) in [6.07, 6.45) is 3.27. The molecule has 1 aliphatic carbocycles. The number of carbonyl (C=O) groups is 1. The zero-order chi connectivity index (χ0) is 10.8. The normalized spacial score (nSPS) is 28.9. The lowest BCUT2D eigenvalue weighted by Gasteiger charge is -2.31. The van der Waals surface area contributed by atoms with Crippen molar-refractivity contribution in [3.8, 4) is 0 Å². The molecule has 14 heavy (non-hydrogen) atoms. The van der Waals surface area contributed by atoms with Gasteiger partial charge in [0.15, 0.2) is 0 Å². The average Bonchev–Trinajstić information content (AvgIpc) is 2.47. The Balaban J connectivity index is 2.71. The Bertz CT molecular complexity index is 245. The first-order valence-corrected chi connectivity index (χ1v) is 5.37. The molecule has 0 heterocycles. The molecule has 0 aromatic carbocycles. The summed E-state index contributed by atoms with van der Waals surface area (Å²) in [4.78, 5) is 11.6. The summed E-state index contributed by atoms with van der Waals surface area (Å²) in [5, 5.41) is 0. The van der Waals surface area contributed by atoms with Crippen LogP contribution in [0.3, 0.4) is 0 Å². The second kappa shape index (κ2) is 4.16. The third-order valence-corrected chi connectivity index (χ3v) is 3.58. The molecule has 1 rings (SSSR count). The van der Waals surface area contributed by atoms with Gasteiger partial charge in [0.2, 0.25) is 0 Å². The SMILES string of the molecule is C=C1CCCC1(C)C(C)C(=O)OCC. The first-order chi connectivity index (χ1) is 6.52. The van der Waals surface area contributed by atoms with Gasteiger partial charge in [-0.2, -0.15) is 0 Å². The van der Waals surface area contributed by atoms with Crippen LogP contribution in [0.1, 0.15) is 40.0 Å². The molecule has 80 valence electrons. The van der Waals surface area contributed by atoms with Crippen LogP contribution in [0.5, 0.6) is 0 Å². The van der Waals surface area contributed by atoms with Crippen molar-refractivity contribution in [1.29, 1.82) is 0 Å². The Labute approximate surface area is 86.3 Å². The zero-order valence-corrected chi connectivity index (χ0v) is 9.43. The predicted molar refractivity (Wildman–Crippen MR) is 56.9 cm³/mol. The fourth-order valence-corrected chi connectivity index (χ4v) is 2.18. The molecule has 1 aliphatic rings. The molecule has 0 spiro atoms. The number of hydrogen-bond acceptors (Lipinski definition) is 2. The molecule has 0 aliphatic heterocycles. The summed E-state index contributed by atoms with van der Waals surface area (Å²) in [6.45, 7) is 10.5. The Morgan fingerprint density at radius 2 is 2.36 bits per heavy atom. The van der Waals surface area contributed by atoms with E-state index in [1.54, 1.807) is 0 Å². The van der Waals surface area contributed by atoms with Crippen molar-refractivity contribution in [2.75, 3.05) is 6.61 Å². The number of ether oxygens (including phenoxy) is 1. The highest BCUT2D eigenvalue weighted by Gasteiger charge is 2.41. The maximum Gasteiger partial charge on any atom is 0.309 e. The van der Waals surface area contributed by atoms with Gasteiger partial charge in [-0.3, -0.25) is 4.79 Å². The molecule has 0 bridgehead atoms. The van der Waals surface area contributed by atoms with E-state index < -0.39 is 0 Å². The number of esters is 1. The minimum atomic E-state index is -0.0851. The zero-order valence-electron chi connectivity index (χ0n) is 9.43. The maximum absolute atomic E-state index is 11.6. The molecular weight excluding hydrogens is 176 g/mol. The molecule has 2 unspecified atom stereocenters. The predicted octanol–water partition coefficient (Wildman–Crippen LogP) is 2.93. The van der Waals surface area contributed by atoms with Crippen LogP contribution in [-0.2, 0) is 9.53 Å². The first kappa shape index (κ1) is 11.3. The highest BCUT2D eigenvalue weighted by Crippen LogP contribution is 2.47. The molecule has 1 fully saturated rings. The van der Waals surface area contributed by atoms with Crippen LogP contribution < -0.4 is 0 Å². The Morgan fingerprint density at radius 3 is 2.79 bits per heavy atom. The summed E-state index contributed by atoms with van der Waals surface area (Å²) >= 11 is 0. The quantitative estimate of drug-likeness (QED) is 0.512. The fraction of sp³-hybridized carbons (Fsp3) is 0.750. The van der Waals surface area contributed by atoms with E-state index in [0.717, 1.165) is 19.3 Å². The molecule has 0 radical (unpaired) electrons. The largest absolute Gasteiger partial charge is 0.466 e. The van der Waals surface area contributed by atoms with E-state index in [1.165, 1.54) is 5.57 Å². The van der Waals surface area contributed by atoms with Crippen molar-refractivity contribution in [2.45, 2.75) is 40.0 Å². The molecule has 0 saturated heterocycles. The lowest BCUT2D eigenvalue weighted by Crippen LogP contribution is -2.31. The van der Waals surface area contributed by atoms with Crippen molar-refractivity contribution in [3.05, 3.63) is 12.2 Å². The molecule has 0 amide bonds. The molecule has 0 aromatic rings. The second-order valence-corrected chi connectivity index (χ2v) is 4.35. The monoisotopic (exact) mass is 196 g/mol. The number of carbonyl (C=O) groups excluding carboxylic acids is 1. The van der Waals surface area contributed by atoms with E-state index in [1.807, 2.05) is 13.8 Å². The van der Waals surface area contributed by atoms with Gasteiger partial charge in [-0.05, 0) is 26.2 Å². The molecule has 0 aromatic heterocycles. The maximum atomic E-state index is 11.6. The highest BCUT2D eigenvalue weighted by molar-refractivity contribution is 5.73. The summed E-state index contributed by atoms with van der Waals surface area (Å²) in [6, 6.07) is 0. The smallest absolute Gasteiger partial charge is 0.309 e. The van der Waals surface area contributed by atoms with E-state index in [9.17, 15) is 4.79 Å². The highest BCUT2D eigenvalue weighted by atomic mass is 16.5. The van der Waals surface area contributed by atoms with Crippen LogP contribution in [-0.4, -0.2) is 12.6 Å². The van der Waals surface area contributed by atoms with Crippen LogP contribution >= 0.6 is 0 Å². The van der Waals surface area contributed by atoms with Gasteiger partial charge in [-0.1, -0.05) is 26.0 Å². The summed E-state index contributed by atoms with van der Waals surface area (Å²) in [5.41, 5.74) is 1.17. The van der Waals surface area contributed by atoms with E-state index >= 15 is 0 Å². The Hall–Kier alpha value is -0.790.